The second kappa shape index (κ2) is 6.36. The maximum atomic E-state index is 13.8. The normalized spacial score (nSPS) is 16.5. The number of carbonyl (C=O) groups is 1. The molecular formula is C19H14ClF3N2O. The Morgan fingerprint density at radius 3 is 2.77 bits per heavy atom. The SMILES string of the molecule is O=C(NC1CCc2[nH]c3cc(Cl)ccc3c2C1)c1ccc(F)c(F)c1F. The van der Waals surface area contributed by atoms with E-state index >= 15 is 0 Å². The van der Waals surface area contributed by atoms with Gasteiger partial charge in [-0.15, -0.1) is 0 Å². The number of amides is 1. The molecule has 4 rings (SSSR count). The fourth-order valence-electron chi connectivity index (χ4n) is 3.48. The van der Waals surface area contributed by atoms with E-state index in [-0.39, 0.29) is 6.04 Å². The molecule has 0 saturated carbocycles. The molecule has 0 saturated heterocycles. The molecule has 3 aromatic rings. The molecular weight excluding hydrogens is 365 g/mol. The molecule has 1 heterocycles. The summed E-state index contributed by atoms with van der Waals surface area (Å²) in [4.78, 5) is 15.6. The second-order valence-electron chi connectivity index (χ2n) is 6.41. The summed E-state index contributed by atoms with van der Waals surface area (Å²) in [6.45, 7) is 0. The first-order valence-corrected chi connectivity index (χ1v) is 8.55. The van der Waals surface area contributed by atoms with Crippen molar-refractivity contribution in [3.8, 4) is 0 Å². The molecule has 1 amide bonds. The molecule has 0 spiro atoms. The van der Waals surface area contributed by atoms with Crippen LogP contribution in [0.2, 0.25) is 5.02 Å². The fourth-order valence-corrected chi connectivity index (χ4v) is 3.66. The quantitative estimate of drug-likeness (QED) is 0.632. The zero-order valence-electron chi connectivity index (χ0n) is 13.5. The molecule has 1 atom stereocenters. The summed E-state index contributed by atoms with van der Waals surface area (Å²) in [5.74, 6) is -5.19. The number of halogens is 4. The highest BCUT2D eigenvalue weighted by Gasteiger charge is 2.26. The molecule has 134 valence electrons. The molecule has 1 aromatic heterocycles. The third kappa shape index (κ3) is 2.84. The van der Waals surface area contributed by atoms with Crippen molar-refractivity contribution in [2.75, 3.05) is 0 Å². The van der Waals surface area contributed by atoms with Gasteiger partial charge in [-0.05, 0) is 49.1 Å². The van der Waals surface area contributed by atoms with Crippen molar-refractivity contribution in [1.82, 2.24) is 10.3 Å². The molecule has 0 fully saturated rings. The van der Waals surface area contributed by atoms with Gasteiger partial charge in [0.05, 0.1) is 5.56 Å². The number of hydrogen-bond donors (Lipinski definition) is 2. The van der Waals surface area contributed by atoms with Gasteiger partial charge in [-0.25, -0.2) is 13.2 Å². The highest BCUT2D eigenvalue weighted by atomic mass is 35.5. The van der Waals surface area contributed by atoms with Gasteiger partial charge in [0.2, 0.25) is 0 Å². The van der Waals surface area contributed by atoms with Crippen molar-refractivity contribution in [2.45, 2.75) is 25.3 Å². The minimum atomic E-state index is -1.64. The largest absolute Gasteiger partial charge is 0.358 e. The first kappa shape index (κ1) is 17.0. The molecule has 2 aromatic carbocycles. The summed E-state index contributed by atoms with van der Waals surface area (Å²) in [5.41, 5.74) is 2.60. The lowest BCUT2D eigenvalue weighted by molar-refractivity contribution is 0.0928. The molecule has 1 aliphatic rings. The molecule has 0 bridgehead atoms. The van der Waals surface area contributed by atoms with Crippen LogP contribution in [-0.4, -0.2) is 16.9 Å². The van der Waals surface area contributed by atoms with Gasteiger partial charge in [-0.1, -0.05) is 17.7 Å². The number of fused-ring (bicyclic) bond motifs is 3. The predicted molar refractivity (Wildman–Crippen MR) is 92.9 cm³/mol. The number of aromatic nitrogens is 1. The van der Waals surface area contributed by atoms with Gasteiger partial charge in [0, 0.05) is 27.7 Å². The van der Waals surface area contributed by atoms with Crippen molar-refractivity contribution >= 4 is 28.4 Å². The maximum absolute atomic E-state index is 13.8. The van der Waals surface area contributed by atoms with E-state index in [2.05, 4.69) is 10.3 Å². The summed E-state index contributed by atoms with van der Waals surface area (Å²) in [5, 5.41) is 4.39. The van der Waals surface area contributed by atoms with Crippen molar-refractivity contribution in [1.29, 1.82) is 0 Å². The third-order valence-corrected chi connectivity index (χ3v) is 5.00. The van der Waals surface area contributed by atoms with Crippen molar-refractivity contribution < 1.29 is 18.0 Å². The van der Waals surface area contributed by atoms with Crippen LogP contribution >= 0.6 is 11.6 Å². The van der Waals surface area contributed by atoms with Gasteiger partial charge in [-0.3, -0.25) is 4.79 Å². The molecule has 1 aliphatic carbocycles. The monoisotopic (exact) mass is 378 g/mol. The number of aryl methyl sites for hydroxylation is 1. The summed E-state index contributed by atoms with van der Waals surface area (Å²) < 4.78 is 40.2. The Morgan fingerprint density at radius 1 is 1.15 bits per heavy atom. The van der Waals surface area contributed by atoms with Crippen LogP contribution in [0.15, 0.2) is 30.3 Å². The predicted octanol–water partition coefficient (Wildman–Crippen LogP) is 4.53. The summed E-state index contributed by atoms with van der Waals surface area (Å²) >= 11 is 6.02. The Labute approximate surface area is 152 Å². The average molecular weight is 379 g/mol. The van der Waals surface area contributed by atoms with E-state index in [0.29, 0.717) is 24.3 Å². The minimum absolute atomic E-state index is 0.225. The second-order valence-corrected chi connectivity index (χ2v) is 6.84. The fraction of sp³-hybridized carbons (Fsp3) is 0.211. The van der Waals surface area contributed by atoms with Crippen LogP contribution in [0.1, 0.15) is 28.0 Å². The summed E-state index contributed by atoms with van der Waals surface area (Å²) in [7, 11) is 0. The van der Waals surface area contributed by atoms with Crippen LogP contribution in [0.5, 0.6) is 0 Å². The van der Waals surface area contributed by atoms with Gasteiger partial charge in [0.1, 0.15) is 0 Å². The zero-order valence-corrected chi connectivity index (χ0v) is 14.3. The highest BCUT2D eigenvalue weighted by molar-refractivity contribution is 6.31. The number of benzene rings is 2. The van der Waals surface area contributed by atoms with Gasteiger partial charge < -0.3 is 10.3 Å². The molecule has 7 heteroatoms. The Bertz CT molecular complexity index is 1030. The maximum Gasteiger partial charge on any atom is 0.254 e. The van der Waals surface area contributed by atoms with Crippen LogP contribution in [0.4, 0.5) is 13.2 Å². The number of aromatic amines is 1. The van der Waals surface area contributed by atoms with Gasteiger partial charge in [-0.2, -0.15) is 0 Å². The van der Waals surface area contributed by atoms with Gasteiger partial charge in [0.25, 0.3) is 5.91 Å². The zero-order chi connectivity index (χ0) is 18.4. The van der Waals surface area contributed by atoms with E-state index < -0.39 is 28.9 Å². The molecule has 2 N–H and O–H groups in total. The van der Waals surface area contributed by atoms with Crippen LogP contribution < -0.4 is 5.32 Å². The van der Waals surface area contributed by atoms with Crippen molar-refractivity contribution in [3.05, 3.63) is 69.6 Å². The molecule has 3 nitrogen and oxygen atoms in total. The van der Waals surface area contributed by atoms with E-state index in [1.807, 2.05) is 12.1 Å². The van der Waals surface area contributed by atoms with Gasteiger partial charge in [0.15, 0.2) is 17.5 Å². The minimum Gasteiger partial charge on any atom is -0.358 e. The lowest BCUT2D eigenvalue weighted by Crippen LogP contribution is -2.39. The number of rotatable bonds is 2. The van der Waals surface area contributed by atoms with Crippen LogP contribution in [0.25, 0.3) is 10.9 Å². The number of H-pyrrole nitrogens is 1. The average Bonchev–Trinajstić information content (AvgIpc) is 2.96. The van der Waals surface area contributed by atoms with Crippen LogP contribution in [0, 0.1) is 17.5 Å². The Morgan fingerprint density at radius 2 is 1.96 bits per heavy atom. The lowest BCUT2D eigenvalue weighted by Gasteiger charge is -2.23. The summed E-state index contributed by atoms with van der Waals surface area (Å²) in [6, 6.07) is 7.04. The van der Waals surface area contributed by atoms with E-state index in [0.717, 1.165) is 34.3 Å². The third-order valence-electron chi connectivity index (χ3n) is 4.76. The topological polar surface area (TPSA) is 44.9 Å². The first-order chi connectivity index (χ1) is 12.4. The van der Waals surface area contributed by atoms with Gasteiger partial charge >= 0.3 is 0 Å². The number of nitrogens with one attached hydrogen (secondary N) is 2. The molecule has 1 unspecified atom stereocenters. The Hall–Kier alpha value is -2.47. The van der Waals surface area contributed by atoms with Crippen molar-refractivity contribution in [2.24, 2.45) is 0 Å². The standard InChI is InChI=1S/C19H14ClF3N2O/c20-9-1-3-11-13-8-10(2-6-15(13)25-16(11)7-9)24-19(26)12-4-5-14(21)18(23)17(12)22/h1,3-5,7,10,25H,2,6,8H2,(H,24,26). The molecule has 26 heavy (non-hydrogen) atoms. The Balaban J connectivity index is 1.57. The Kier molecular flexibility index (Phi) is 4.15. The molecule has 0 aliphatic heterocycles. The molecule has 0 radical (unpaired) electrons. The number of hydrogen-bond acceptors (Lipinski definition) is 1. The van der Waals surface area contributed by atoms with Crippen molar-refractivity contribution in [3.63, 3.8) is 0 Å². The lowest BCUT2D eigenvalue weighted by atomic mass is 9.91. The van der Waals surface area contributed by atoms with Crippen LogP contribution in [0.3, 0.4) is 0 Å². The highest BCUT2D eigenvalue weighted by Crippen LogP contribution is 2.31. The smallest absolute Gasteiger partial charge is 0.254 e. The van der Waals surface area contributed by atoms with Crippen LogP contribution in [-0.2, 0) is 12.8 Å². The summed E-state index contributed by atoms with van der Waals surface area (Å²) in [6.07, 6.45) is 1.94. The number of carbonyl (C=O) groups excluding carboxylic acids is 1. The van der Waals surface area contributed by atoms with E-state index in [4.69, 9.17) is 11.6 Å². The van der Waals surface area contributed by atoms with E-state index in [9.17, 15) is 18.0 Å². The van der Waals surface area contributed by atoms with E-state index in [1.165, 1.54) is 0 Å². The van der Waals surface area contributed by atoms with E-state index in [1.54, 1.807) is 6.07 Å². The first-order valence-electron chi connectivity index (χ1n) is 8.17.